The van der Waals surface area contributed by atoms with Gasteiger partial charge in [0.1, 0.15) is 12.2 Å². The molecule has 4 aromatic rings. The van der Waals surface area contributed by atoms with Crippen molar-refractivity contribution in [2.75, 3.05) is 0 Å². The van der Waals surface area contributed by atoms with E-state index in [1.54, 1.807) is 0 Å². The highest BCUT2D eigenvalue weighted by atomic mass is 79.9. The molecule has 5 heteroatoms. The molecule has 0 N–H and O–H groups in total. The monoisotopic (exact) mass is 443 g/mol. The van der Waals surface area contributed by atoms with E-state index in [-0.39, 0.29) is 17.0 Å². The Morgan fingerprint density at radius 2 is 1.79 bits per heavy atom. The summed E-state index contributed by atoms with van der Waals surface area (Å²) in [6.07, 6.45) is 3.96. The van der Waals surface area contributed by atoms with Crippen molar-refractivity contribution >= 4 is 27.1 Å². The number of rotatable bonds is 3. The fourth-order valence-electron chi connectivity index (χ4n) is 2.79. The summed E-state index contributed by atoms with van der Waals surface area (Å²) >= 11 is 3.54. The van der Waals surface area contributed by atoms with E-state index in [2.05, 4.69) is 72.8 Å². The molecule has 0 unspecified atom stereocenters. The zero-order chi connectivity index (χ0) is 15.6. The molecule has 0 saturated carbocycles. The lowest BCUT2D eigenvalue weighted by atomic mass is 10.2. The fourth-order valence-corrected chi connectivity index (χ4v) is 3.24. The highest BCUT2D eigenvalue weighted by Gasteiger charge is 2.18. The lowest BCUT2D eigenvalue weighted by Crippen LogP contribution is -3.00. The Balaban J connectivity index is 0.00000169. The second-order valence-corrected chi connectivity index (χ2v) is 6.34. The van der Waals surface area contributed by atoms with Gasteiger partial charge in [0.25, 0.3) is 12.0 Å². The van der Waals surface area contributed by atoms with Crippen molar-refractivity contribution in [2.24, 2.45) is 0 Å². The Morgan fingerprint density at radius 3 is 2.58 bits per heavy atom. The number of nitrogens with zero attached hydrogens (tertiary/aromatic N) is 3. The number of imidazole rings is 1. The summed E-state index contributed by atoms with van der Waals surface area (Å²) in [5, 5.41) is 0. The van der Waals surface area contributed by atoms with Crippen LogP contribution in [0.3, 0.4) is 0 Å². The number of halogens is 2. The predicted octanol–water partition coefficient (Wildman–Crippen LogP) is 1.13. The van der Waals surface area contributed by atoms with E-state index in [0.29, 0.717) is 0 Å². The van der Waals surface area contributed by atoms with Gasteiger partial charge in [0.2, 0.25) is 0 Å². The molecule has 0 atom stereocenters. The molecule has 0 spiro atoms. The molecule has 0 bridgehead atoms. The first-order valence-electron chi connectivity index (χ1n) is 7.47. The smallest absolute Gasteiger partial charge is 0.273 e. The Kier molecular flexibility index (Phi) is 5.11. The van der Waals surface area contributed by atoms with Gasteiger partial charge < -0.3 is 17.0 Å². The van der Waals surface area contributed by atoms with Crippen LogP contribution in [0.1, 0.15) is 5.56 Å². The maximum absolute atomic E-state index is 4.57. The van der Waals surface area contributed by atoms with Crippen molar-refractivity contribution in [3.05, 3.63) is 89.3 Å². The maximum Gasteiger partial charge on any atom is 0.273 e. The van der Waals surface area contributed by atoms with Crippen molar-refractivity contribution in [3.8, 4) is 5.69 Å². The topological polar surface area (TPSA) is 21.7 Å². The third kappa shape index (κ3) is 3.28. The van der Waals surface area contributed by atoms with Gasteiger partial charge in [0.05, 0.1) is 0 Å². The van der Waals surface area contributed by atoms with Crippen LogP contribution < -0.4 is 21.5 Å². The Morgan fingerprint density at radius 1 is 0.958 bits per heavy atom. The van der Waals surface area contributed by atoms with Crippen LogP contribution in [0.15, 0.2) is 83.7 Å². The largest absolute Gasteiger partial charge is 1.00 e. The number of hydrogen-bond acceptors (Lipinski definition) is 1. The number of aromatic nitrogens is 3. The molecule has 2 aromatic carbocycles. The van der Waals surface area contributed by atoms with Gasteiger partial charge in [-0.25, -0.2) is 9.55 Å². The Labute approximate surface area is 159 Å². The van der Waals surface area contributed by atoms with E-state index < -0.39 is 0 Å². The molecule has 2 heterocycles. The number of pyridine rings is 1. The van der Waals surface area contributed by atoms with Gasteiger partial charge in [-0.2, -0.15) is 4.57 Å². The molecule has 0 aliphatic carbocycles. The van der Waals surface area contributed by atoms with Crippen LogP contribution in [0.2, 0.25) is 0 Å². The molecule has 2 aromatic heterocycles. The number of benzene rings is 2. The molecule has 0 amide bonds. The summed E-state index contributed by atoms with van der Waals surface area (Å²) < 4.78 is 5.46. The van der Waals surface area contributed by atoms with Gasteiger partial charge in [-0.15, -0.1) is 0 Å². The van der Waals surface area contributed by atoms with E-state index >= 15 is 0 Å². The summed E-state index contributed by atoms with van der Waals surface area (Å²) in [4.78, 5) is 4.57. The number of hydrogen-bond donors (Lipinski definition) is 0. The lowest BCUT2D eigenvalue weighted by molar-refractivity contribution is -0.662. The van der Waals surface area contributed by atoms with Crippen LogP contribution >= 0.6 is 15.9 Å². The molecular formula is C19H15Br2N3. The summed E-state index contributed by atoms with van der Waals surface area (Å²) in [6.45, 7) is 0.807. The molecule has 120 valence electrons. The van der Waals surface area contributed by atoms with Crippen LogP contribution in [0.25, 0.3) is 16.9 Å². The van der Waals surface area contributed by atoms with Crippen LogP contribution in [-0.4, -0.2) is 9.55 Å². The highest BCUT2D eigenvalue weighted by molar-refractivity contribution is 9.10. The van der Waals surface area contributed by atoms with Gasteiger partial charge >= 0.3 is 0 Å². The minimum Gasteiger partial charge on any atom is -1.00 e. The van der Waals surface area contributed by atoms with E-state index in [4.69, 9.17) is 0 Å². The number of para-hydroxylation sites is 1. The molecule has 3 nitrogen and oxygen atoms in total. The standard InChI is InChI=1S/C19H15BrN3.BrH/c20-16-7-4-6-15(12-16)13-22-14-23(17-8-2-1-3-9-17)19-18(22)10-5-11-21-19;/h1-12,14H,13H2;1H/q+1;/p-1. The molecule has 24 heavy (non-hydrogen) atoms. The van der Waals surface area contributed by atoms with Crippen LogP contribution in [-0.2, 0) is 6.54 Å². The Hall–Kier alpha value is -1.98. The summed E-state index contributed by atoms with van der Waals surface area (Å²) in [5.41, 5.74) is 4.45. The van der Waals surface area contributed by atoms with Gasteiger partial charge in [-0.05, 0) is 42.0 Å². The SMILES string of the molecule is Brc1cccc(C[n+]2cn(-c3ccccc3)c3ncccc32)c1.[Br-]. The van der Waals surface area contributed by atoms with Crippen LogP contribution in [0, 0.1) is 0 Å². The molecule has 0 radical (unpaired) electrons. The molecular weight excluding hydrogens is 430 g/mol. The number of fused-ring (bicyclic) bond motifs is 1. The zero-order valence-corrected chi connectivity index (χ0v) is 16.0. The van der Waals surface area contributed by atoms with E-state index in [1.807, 2.05) is 36.5 Å². The van der Waals surface area contributed by atoms with E-state index in [0.717, 1.165) is 27.9 Å². The van der Waals surface area contributed by atoms with Crippen LogP contribution in [0.4, 0.5) is 0 Å². The van der Waals surface area contributed by atoms with E-state index in [1.165, 1.54) is 5.56 Å². The highest BCUT2D eigenvalue weighted by Crippen LogP contribution is 2.16. The lowest BCUT2D eigenvalue weighted by Gasteiger charge is -1.99. The van der Waals surface area contributed by atoms with Gasteiger partial charge in [-0.3, -0.25) is 0 Å². The third-order valence-corrected chi connectivity index (χ3v) is 4.33. The van der Waals surface area contributed by atoms with Gasteiger partial charge in [-0.1, -0.05) is 46.3 Å². The first kappa shape index (κ1) is 16.9. The summed E-state index contributed by atoms with van der Waals surface area (Å²) in [6, 6.07) is 22.8. The van der Waals surface area contributed by atoms with Crippen molar-refractivity contribution in [3.63, 3.8) is 0 Å². The van der Waals surface area contributed by atoms with Crippen molar-refractivity contribution in [2.45, 2.75) is 6.54 Å². The van der Waals surface area contributed by atoms with Crippen molar-refractivity contribution in [1.82, 2.24) is 9.55 Å². The Bertz CT molecular complexity index is 965. The third-order valence-electron chi connectivity index (χ3n) is 3.83. The second-order valence-electron chi connectivity index (χ2n) is 5.42. The minimum atomic E-state index is 0. The molecule has 0 aliphatic heterocycles. The summed E-state index contributed by atoms with van der Waals surface area (Å²) in [7, 11) is 0. The van der Waals surface area contributed by atoms with Crippen LogP contribution in [0.5, 0.6) is 0 Å². The van der Waals surface area contributed by atoms with Crippen molar-refractivity contribution in [1.29, 1.82) is 0 Å². The summed E-state index contributed by atoms with van der Waals surface area (Å²) in [5.74, 6) is 0. The minimum absolute atomic E-state index is 0. The first-order chi connectivity index (χ1) is 11.3. The molecule has 4 rings (SSSR count). The molecule has 0 aliphatic rings. The average molecular weight is 445 g/mol. The van der Waals surface area contributed by atoms with Crippen molar-refractivity contribution < 1.29 is 21.5 Å². The quantitative estimate of drug-likeness (QED) is 0.434. The first-order valence-corrected chi connectivity index (χ1v) is 8.26. The fraction of sp³-hybridized carbons (Fsp3) is 0.0526. The van der Waals surface area contributed by atoms with E-state index in [9.17, 15) is 0 Å². The molecule has 0 fully saturated rings. The molecule has 0 saturated heterocycles. The van der Waals surface area contributed by atoms with Gasteiger partial charge in [0, 0.05) is 10.7 Å². The predicted molar refractivity (Wildman–Crippen MR) is 94.5 cm³/mol. The van der Waals surface area contributed by atoms with Gasteiger partial charge in [0.15, 0.2) is 5.52 Å². The maximum atomic E-state index is 4.57. The zero-order valence-electron chi connectivity index (χ0n) is 12.8. The normalized spacial score (nSPS) is 10.5. The second kappa shape index (κ2) is 7.28. The average Bonchev–Trinajstić information content (AvgIpc) is 2.95.